The van der Waals surface area contributed by atoms with E-state index in [-0.39, 0.29) is 12.2 Å². The van der Waals surface area contributed by atoms with Crippen LogP contribution in [0.1, 0.15) is 56.7 Å². The molecule has 2 atom stereocenters. The number of ether oxygens (including phenoxy) is 1. The minimum Gasteiger partial charge on any atom is -0.356 e. The summed E-state index contributed by atoms with van der Waals surface area (Å²) in [4.78, 5) is 0. The minimum atomic E-state index is -0.298. The molecule has 4 aromatic rings. The number of hydrogen-bond donors (Lipinski definition) is 0. The summed E-state index contributed by atoms with van der Waals surface area (Å²) >= 11 is 13.5. The maximum atomic E-state index is 7.11. The smallest absolute Gasteiger partial charge is 0.110 e. The summed E-state index contributed by atoms with van der Waals surface area (Å²) in [6, 6.07) is 33.1. The third kappa shape index (κ3) is 3.54. The van der Waals surface area contributed by atoms with Crippen LogP contribution in [0, 0.1) is 0 Å². The Morgan fingerprint density at radius 1 is 0.455 bits per heavy atom. The molecule has 6 rings (SSSR count). The van der Waals surface area contributed by atoms with Crippen molar-refractivity contribution in [1.82, 2.24) is 0 Å². The van der Waals surface area contributed by atoms with Crippen molar-refractivity contribution < 1.29 is 4.74 Å². The van der Waals surface area contributed by atoms with Gasteiger partial charge < -0.3 is 4.74 Å². The molecule has 0 fully saturated rings. The minimum absolute atomic E-state index is 0.298. The molecule has 0 saturated heterocycles. The van der Waals surface area contributed by atoms with E-state index in [0.29, 0.717) is 0 Å². The van der Waals surface area contributed by atoms with Crippen LogP contribution in [0.15, 0.2) is 97.1 Å². The zero-order valence-electron chi connectivity index (χ0n) is 17.7. The van der Waals surface area contributed by atoms with Crippen molar-refractivity contribution in [2.75, 3.05) is 0 Å². The summed E-state index contributed by atoms with van der Waals surface area (Å²) in [5, 5.41) is 1.44. The molecule has 2 aliphatic carbocycles. The molecule has 0 bridgehead atoms. The molecule has 160 valence electrons. The van der Waals surface area contributed by atoms with Crippen molar-refractivity contribution in [3.63, 3.8) is 0 Å². The van der Waals surface area contributed by atoms with Crippen molar-refractivity contribution in [3.05, 3.63) is 142 Å². The Hall–Kier alpha value is -3.10. The standard InChI is InChI=1S/C30H20Cl2O/c31-27-17-19-9-1-3-11-21(19)29(25-15-7-5-13-23(25)27)33-30-22-12-4-2-10-20(22)18-28(32)24-14-6-8-16-26(24)30/h1-18,29-30H. The summed E-state index contributed by atoms with van der Waals surface area (Å²) < 4.78 is 7.11. The summed E-state index contributed by atoms with van der Waals surface area (Å²) in [6.07, 6.45) is 3.47. The quantitative estimate of drug-likeness (QED) is 0.287. The van der Waals surface area contributed by atoms with Crippen LogP contribution < -0.4 is 0 Å². The molecule has 0 spiro atoms. The molecule has 0 saturated carbocycles. The zero-order valence-corrected chi connectivity index (χ0v) is 19.2. The van der Waals surface area contributed by atoms with Crippen LogP contribution in [-0.4, -0.2) is 0 Å². The van der Waals surface area contributed by atoms with Gasteiger partial charge >= 0.3 is 0 Å². The topological polar surface area (TPSA) is 9.23 Å². The normalized spacial score (nSPS) is 18.5. The second-order valence-corrected chi connectivity index (χ2v) is 9.13. The molecule has 0 heterocycles. The fraction of sp³-hybridized carbons (Fsp3) is 0.0667. The Morgan fingerprint density at radius 2 is 0.818 bits per heavy atom. The molecular weight excluding hydrogens is 447 g/mol. The molecule has 0 radical (unpaired) electrons. The van der Waals surface area contributed by atoms with Gasteiger partial charge in [-0.15, -0.1) is 0 Å². The average molecular weight is 467 g/mol. The number of benzene rings is 4. The Bertz CT molecular complexity index is 1320. The largest absolute Gasteiger partial charge is 0.356 e. The SMILES string of the molecule is ClC1=Cc2ccccc2C(OC2c3ccccc3C=C(Cl)c3ccccc32)c2ccccc21. The molecule has 4 aromatic carbocycles. The first-order valence-corrected chi connectivity index (χ1v) is 11.7. The Morgan fingerprint density at radius 3 is 1.27 bits per heavy atom. The summed E-state index contributed by atoms with van der Waals surface area (Å²) in [5.74, 6) is 0. The molecular formula is C30H20Cl2O. The van der Waals surface area contributed by atoms with Crippen molar-refractivity contribution in [1.29, 1.82) is 0 Å². The van der Waals surface area contributed by atoms with Gasteiger partial charge in [-0.25, -0.2) is 0 Å². The van der Waals surface area contributed by atoms with Crippen molar-refractivity contribution in [2.45, 2.75) is 12.2 Å². The predicted octanol–water partition coefficient (Wildman–Crippen LogP) is 8.68. The van der Waals surface area contributed by atoms with E-state index in [2.05, 4.69) is 60.7 Å². The van der Waals surface area contributed by atoms with Crippen LogP contribution in [0.5, 0.6) is 0 Å². The van der Waals surface area contributed by atoms with Crippen molar-refractivity contribution >= 4 is 45.4 Å². The number of fused-ring (bicyclic) bond motifs is 4. The highest BCUT2D eigenvalue weighted by Gasteiger charge is 2.31. The first-order valence-electron chi connectivity index (χ1n) is 11.0. The van der Waals surface area contributed by atoms with E-state index in [4.69, 9.17) is 27.9 Å². The first kappa shape index (κ1) is 20.5. The fourth-order valence-electron chi connectivity index (χ4n) is 4.84. The van der Waals surface area contributed by atoms with Crippen LogP contribution in [0.2, 0.25) is 0 Å². The Labute approximate surface area is 203 Å². The van der Waals surface area contributed by atoms with E-state index in [1.807, 2.05) is 48.6 Å². The van der Waals surface area contributed by atoms with Gasteiger partial charge in [0.15, 0.2) is 0 Å². The highest BCUT2D eigenvalue weighted by atomic mass is 35.5. The van der Waals surface area contributed by atoms with Crippen LogP contribution in [0.4, 0.5) is 0 Å². The maximum Gasteiger partial charge on any atom is 0.110 e. The lowest BCUT2D eigenvalue weighted by atomic mass is 9.93. The average Bonchev–Trinajstić information content (AvgIpc) is 3.05. The Balaban J connectivity index is 1.57. The Kier molecular flexibility index (Phi) is 5.19. The van der Waals surface area contributed by atoms with Gasteiger partial charge in [-0.1, -0.05) is 120 Å². The van der Waals surface area contributed by atoms with Gasteiger partial charge in [0.25, 0.3) is 0 Å². The summed E-state index contributed by atoms with van der Waals surface area (Å²) in [7, 11) is 0. The molecule has 0 N–H and O–H groups in total. The maximum absolute atomic E-state index is 7.11. The van der Waals surface area contributed by atoms with Gasteiger partial charge in [0.2, 0.25) is 0 Å². The highest BCUT2D eigenvalue weighted by molar-refractivity contribution is 6.52. The predicted molar refractivity (Wildman–Crippen MR) is 138 cm³/mol. The van der Waals surface area contributed by atoms with Gasteiger partial charge in [0.05, 0.1) is 0 Å². The van der Waals surface area contributed by atoms with Gasteiger partial charge in [0.1, 0.15) is 12.2 Å². The number of rotatable bonds is 2. The van der Waals surface area contributed by atoms with Crippen molar-refractivity contribution in [3.8, 4) is 0 Å². The highest BCUT2D eigenvalue weighted by Crippen LogP contribution is 2.46. The molecule has 1 nitrogen and oxygen atoms in total. The van der Waals surface area contributed by atoms with E-state index >= 15 is 0 Å². The summed E-state index contributed by atoms with van der Waals surface area (Å²) in [6.45, 7) is 0. The molecule has 0 aliphatic heterocycles. The van der Waals surface area contributed by atoms with Crippen LogP contribution >= 0.6 is 23.2 Å². The molecule has 2 unspecified atom stereocenters. The van der Waals surface area contributed by atoms with Gasteiger partial charge in [-0.2, -0.15) is 0 Å². The van der Waals surface area contributed by atoms with Gasteiger partial charge in [0, 0.05) is 10.1 Å². The first-order chi connectivity index (χ1) is 16.2. The lowest BCUT2D eigenvalue weighted by molar-refractivity contribution is 0.0306. The lowest BCUT2D eigenvalue weighted by Gasteiger charge is -2.28. The van der Waals surface area contributed by atoms with E-state index in [0.717, 1.165) is 54.6 Å². The zero-order chi connectivity index (χ0) is 22.4. The molecule has 0 aromatic heterocycles. The monoisotopic (exact) mass is 466 g/mol. The third-order valence-corrected chi connectivity index (χ3v) is 7.02. The fourth-order valence-corrected chi connectivity index (χ4v) is 5.42. The second-order valence-electron chi connectivity index (χ2n) is 8.31. The van der Waals surface area contributed by atoms with Crippen molar-refractivity contribution in [2.24, 2.45) is 0 Å². The van der Waals surface area contributed by atoms with E-state index in [9.17, 15) is 0 Å². The van der Waals surface area contributed by atoms with E-state index in [1.54, 1.807) is 0 Å². The van der Waals surface area contributed by atoms with Crippen LogP contribution in [0.3, 0.4) is 0 Å². The van der Waals surface area contributed by atoms with Gasteiger partial charge in [-0.05, 0) is 56.7 Å². The van der Waals surface area contributed by atoms with Crippen LogP contribution in [0.25, 0.3) is 22.2 Å². The molecule has 33 heavy (non-hydrogen) atoms. The second kappa shape index (κ2) is 8.35. The number of halogens is 2. The van der Waals surface area contributed by atoms with E-state index < -0.39 is 0 Å². The summed E-state index contributed by atoms with van der Waals surface area (Å²) in [5.41, 5.74) is 8.42. The number of hydrogen-bond acceptors (Lipinski definition) is 1. The van der Waals surface area contributed by atoms with Gasteiger partial charge in [-0.3, -0.25) is 0 Å². The molecule has 2 aliphatic rings. The molecule has 3 heteroatoms. The third-order valence-electron chi connectivity index (χ3n) is 6.39. The van der Waals surface area contributed by atoms with Crippen LogP contribution in [-0.2, 0) is 4.74 Å². The lowest BCUT2D eigenvalue weighted by Crippen LogP contribution is -2.15. The molecule has 0 amide bonds. The van der Waals surface area contributed by atoms with E-state index in [1.165, 1.54) is 0 Å².